The van der Waals surface area contributed by atoms with Gasteiger partial charge in [-0.05, 0) is 61.9 Å². The van der Waals surface area contributed by atoms with Gasteiger partial charge in [0.2, 0.25) is 0 Å². The molecule has 2 aromatic carbocycles. The highest BCUT2D eigenvalue weighted by molar-refractivity contribution is 6.32. The Hall–Kier alpha value is -2.99. The molecule has 2 heterocycles. The molecule has 0 saturated carbocycles. The summed E-state index contributed by atoms with van der Waals surface area (Å²) in [5, 5.41) is 7.87. The van der Waals surface area contributed by atoms with Gasteiger partial charge in [-0.2, -0.15) is 5.10 Å². The molecule has 29 heavy (non-hydrogen) atoms. The highest BCUT2D eigenvalue weighted by atomic mass is 35.5. The van der Waals surface area contributed by atoms with E-state index in [-0.39, 0.29) is 5.91 Å². The Morgan fingerprint density at radius 1 is 1.14 bits per heavy atom. The first kappa shape index (κ1) is 19.3. The van der Waals surface area contributed by atoms with Gasteiger partial charge in [0.15, 0.2) is 11.5 Å². The molecule has 0 unspecified atom stereocenters. The molecule has 3 aromatic rings. The fourth-order valence-electron chi connectivity index (χ4n) is 3.31. The fourth-order valence-corrected chi connectivity index (χ4v) is 3.60. The number of amides is 1. The van der Waals surface area contributed by atoms with Crippen LogP contribution in [-0.2, 0) is 6.54 Å². The predicted molar refractivity (Wildman–Crippen MR) is 111 cm³/mol. The Bertz CT molecular complexity index is 1040. The van der Waals surface area contributed by atoms with E-state index in [4.69, 9.17) is 21.1 Å². The number of rotatable bonds is 4. The molecule has 7 heteroatoms. The van der Waals surface area contributed by atoms with Crippen molar-refractivity contribution >= 4 is 17.5 Å². The van der Waals surface area contributed by atoms with Crippen molar-refractivity contribution in [1.29, 1.82) is 0 Å². The highest BCUT2D eigenvalue weighted by Gasteiger charge is 2.16. The average Bonchev–Trinajstić information content (AvgIpc) is 2.90. The van der Waals surface area contributed by atoms with E-state index in [1.54, 1.807) is 18.2 Å². The molecule has 150 valence electrons. The molecular weight excluding hydrogens is 390 g/mol. The Morgan fingerprint density at radius 2 is 1.90 bits per heavy atom. The van der Waals surface area contributed by atoms with Gasteiger partial charge in [-0.25, -0.2) is 4.68 Å². The first-order chi connectivity index (χ1) is 14.0. The van der Waals surface area contributed by atoms with E-state index in [2.05, 4.69) is 10.4 Å². The Labute approximate surface area is 174 Å². The number of hydrogen-bond donors (Lipinski definition) is 1. The summed E-state index contributed by atoms with van der Waals surface area (Å²) >= 11 is 6.32. The van der Waals surface area contributed by atoms with E-state index in [0.29, 0.717) is 41.8 Å². The van der Waals surface area contributed by atoms with Crippen molar-refractivity contribution in [2.24, 2.45) is 0 Å². The summed E-state index contributed by atoms with van der Waals surface area (Å²) in [6.07, 6.45) is 0.810. The zero-order valence-corrected chi connectivity index (χ0v) is 17.1. The molecule has 1 N–H and O–H groups in total. The van der Waals surface area contributed by atoms with Crippen LogP contribution in [0, 0.1) is 13.8 Å². The third kappa shape index (κ3) is 4.22. The van der Waals surface area contributed by atoms with E-state index in [1.165, 1.54) is 0 Å². The summed E-state index contributed by atoms with van der Waals surface area (Å²) in [5.74, 6) is 1.03. The fraction of sp³-hybridized carbons (Fsp3) is 0.273. The minimum Gasteiger partial charge on any atom is -0.489 e. The summed E-state index contributed by atoms with van der Waals surface area (Å²) in [7, 11) is 0. The van der Waals surface area contributed by atoms with Gasteiger partial charge >= 0.3 is 0 Å². The third-order valence-electron chi connectivity index (χ3n) is 4.70. The van der Waals surface area contributed by atoms with Crippen LogP contribution in [0.5, 0.6) is 11.5 Å². The average molecular weight is 412 g/mol. The lowest BCUT2D eigenvalue weighted by atomic mass is 10.1. The Morgan fingerprint density at radius 3 is 2.62 bits per heavy atom. The lowest BCUT2D eigenvalue weighted by Gasteiger charge is -2.12. The summed E-state index contributed by atoms with van der Waals surface area (Å²) < 4.78 is 13.2. The number of fused-ring (bicyclic) bond motifs is 1. The number of hydrogen-bond acceptors (Lipinski definition) is 4. The van der Waals surface area contributed by atoms with Gasteiger partial charge in [0, 0.05) is 24.2 Å². The van der Waals surface area contributed by atoms with Crippen LogP contribution in [-0.4, -0.2) is 28.9 Å². The maximum atomic E-state index is 12.5. The number of halogens is 1. The van der Waals surface area contributed by atoms with Crippen LogP contribution >= 0.6 is 11.6 Å². The molecule has 0 spiro atoms. The summed E-state index contributed by atoms with van der Waals surface area (Å²) in [6.45, 7) is 5.46. The topological polar surface area (TPSA) is 65.4 Å². The van der Waals surface area contributed by atoms with Crippen LogP contribution in [0.4, 0.5) is 0 Å². The molecule has 1 aliphatic heterocycles. The lowest BCUT2D eigenvalue weighted by Crippen LogP contribution is -2.22. The molecule has 0 radical (unpaired) electrons. The van der Waals surface area contributed by atoms with Crippen LogP contribution in [0.3, 0.4) is 0 Å². The van der Waals surface area contributed by atoms with E-state index < -0.39 is 0 Å². The van der Waals surface area contributed by atoms with Gasteiger partial charge in [0.05, 0.1) is 29.6 Å². The van der Waals surface area contributed by atoms with Crippen molar-refractivity contribution in [3.05, 3.63) is 70.0 Å². The predicted octanol–water partition coefficient (Wildman–Crippen LogP) is 4.23. The van der Waals surface area contributed by atoms with Crippen molar-refractivity contribution in [2.75, 3.05) is 13.2 Å². The molecule has 0 atom stereocenters. The van der Waals surface area contributed by atoms with Crippen molar-refractivity contribution < 1.29 is 14.3 Å². The SMILES string of the molecule is Cc1cc(C)n(-c2ccc(C(=O)NCc3cc(Cl)c4c(c3)OCCCO4)cc2)n1. The van der Waals surface area contributed by atoms with Crippen LogP contribution in [0.2, 0.25) is 5.02 Å². The molecule has 1 aliphatic rings. The van der Waals surface area contributed by atoms with Crippen LogP contribution in [0.1, 0.15) is 33.7 Å². The second-order valence-electron chi connectivity index (χ2n) is 7.02. The highest BCUT2D eigenvalue weighted by Crippen LogP contribution is 2.37. The largest absolute Gasteiger partial charge is 0.489 e. The molecule has 1 amide bonds. The molecule has 0 fully saturated rings. The van der Waals surface area contributed by atoms with Crippen molar-refractivity contribution in [1.82, 2.24) is 15.1 Å². The number of carbonyl (C=O) groups excluding carboxylic acids is 1. The zero-order chi connectivity index (χ0) is 20.4. The normalized spacial score (nSPS) is 13.1. The Kier molecular flexibility index (Phi) is 5.45. The van der Waals surface area contributed by atoms with Crippen molar-refractivity contribution in [3.8, 4) is 17.2 Å². The quantitative estimate of drug-likeness (QED) is 0.697. The summed E-state index contributed by atoms with van der Waals surface area (Å²) in [6, 6.07) is 13.0. The molecule has 0 bridgehead atoms. The molecular formula is C22H22ClN3O3. The maximum Gasteiger partial charge on any atom is 0.251 e. The molecule has 0 saturated heterocycles. The first-order valence-corrected chi connectivity index (χ1v) is 9.89. The van der Waals surface area contributed by atoms with E-state index in [9.17, 15) is 4.79 Å². The number of nitrogens with zero attached hydrogens (tertiary/aromatic N) is 2. The first-order valence-electron chi connectivity index (χ1n) is 9.51. The third-order valence-corrected chi connectivity index (χ3v) is 4.98. The standard InChI is InChI=1S/C22H22ClN3O3/c1-14-10-15(2)26(25-14)18-6-4-17(5-7-18)22(27)24-13-16-11-19(23)21-20(12-16)28-8-3-9-29-21/h4-7,10-12H,3,8-9,13H2,1-2H3,(H,24,27). The number of aryl methyl sites for hydroxylation is 2. The maximum absolute atomic E-state index is 12.5. The van der Waals surface area contributed by atoms with Gasteiger partial charge in [0.25, 0.3) is 5.91 Å². The summed E-state index contributed by atoms with van der Waals surface area (Å²) in [4.78, 5) is 12.5. The smallest absolute Gasteiger partial charge is 0.251 e. The molecule has 1 aromatic heterocycles. The van der Waals surface area contributed by atoms with Gasteiger partial charge in [-0.15, -0.1) is 0 Å². The molecule has 0 aliphatic carbocycles. The number of ether oxygens (including phenoxy) is 2. The minimum atomic E-state index is -0.159. The van der Waals surface area contributed by atoms with Gasteiger partial charge in [-0.3, -0.25) is 4.79 Å². The monoisotopic (exact) mass is 411 g/mol. The number of carbonyl (C=O) groups is 1. The number of benzene rings is 2. The molecule has 6 nitrogen and oxygen atoms in total. The number of aromatic nitrogens is 2. The Balaban J connectivity index is 1.44. The number of nitrogens with one attached hydrogen (secondary N) is 1. The molecule has 4 rings (SSSR count). The summed E-state index contributed by atoms with van der Waals surface area (Å²) in [5.41, 5.74) is 4.36. The van der Waals surface area contributed by atoms with Gasteiger partial charge < -0.3 is 14.8 Å². The van der Waals surface area contributed by atoms with Gasteiger partial charge in [0.1, 0.15) is 0 Å². The van der Waals surface area contributed by atoms with Crippen molar-refractivity contribution in [2.45, 2.75) is 26.8 Å². The lowest BCUT2D eigenvalue weighted by molar-refractivity contribution is 0.0951. The minimum absolute atomic E-state index is 0.159. The van der Waals surface area contributed by atoms with E-state index >= 15 is 0 Å². The van der Waals surface area contributed by atoms with Gasteiger partial charge in [-0.1, -0.05) is 11.6 Å². The second-order valence-corrected chi connectivity index (χ2v) is 7.43. The van der Waals surface area contributed by atoms with Crippen LogP contribution in [0.25, 0.3) is 5.69 Å². The van der Waals surface area contributed by atoms with Crippen LogP contribution in [0.15, 0.2) is 42.5 Å². The van der Waals surface area contributed by atoms with Crippen molar-refractivity contribution in [3.63, 3.8) is 0 Å². The van der Waals surface area contributed by atoms with E-state index in [0.717, 1.165) is 29.1 Å². The van der Waals surface area contributed by atoms with Crippen LogP contribution < -0.4 is 14.8 Å². The van der Waals surface area contributed by atoms with E-state index in [1.807, 2.05) is 42.8 Å². The zero-order valence-electron chi connectivity index (χ0n) is 16.4. The second kappa shape index (κ2) is 8.17.